The quantitative estimate of drug-likeness (QED) is 0.425. The van der Waals surface area contributed by atoms with E-state index < -0.39 is 10.0 Å². The molecule has 0 bridgehead atoms. The van der Waals surface area contributed by atoms with Crippen molar-refractivity contribution in [2.45, 2.75) is 11.6 Å². The minimum absolute atomic E-state index is 0.0708. The summed E-state index contributed by atoms with van der Waals surface area (Å²) in [4.78, 5) is 12.3. The van der Waals surface area contributed by atoms with Gasteiger partial charge >= 0.3 is 0 Å². The number of hydrogen-bond acceptors (Lipinski definition) is 8. The van der Waals surface area contributed by atoms with E-state index in [2.05, 4.69) is 14.9 Å². The highest BCUT2D eigenvalue weighted by Crippen LogP contribution is 2.24. The van der Waals surface area contributed by atoms with E-state index >= 15 is 0 Å². The maximum absolute atomic E-state index is 12.3. The van der Waals surface area contributed by atoms with Crippen LogP contribution in [0.15, 0.2) is 56.7 Å². The van der Waals surface area contributed by atoms with Crippen molar-refractivity contribution in [1.82, 2.24) is 14.9 Å². The lowest BCUT2D eigenvalue weighted by molar-refractivity contribution is 0.102. The van der Waals surface area contributed by atoms with Gasteiger partial charge in [0.15, 0.2) is 11.5 Å². The van der Waals surface area contributed by atoms with Crippen LogP contribution in [0.4, 0.5) is 0 Å². The molecule has 0 aliphatic heterocycles. The number of nitrogens with zero attached hydrogens (tertiary/aromatic N) is 2. The van der Waals surface area contributed by atoms with Crippen molar-refractivity contribution in [3.05, 3.63) is 53.8 Å². The summed E-state index contributed by atoms with van der Waals surface area (Å²) >= 11 is 1.15. The molecular formula is C17H17N3O5S2. The van der Waals surface area contributed by atoms with E-state index in [0.717, 1.165) is 23.6 Å². The van der Waals surface area contributed by atoms with E-state index in [0.29, 0.717) is 29.5 Å². The molecule has 0 spiro atoms. The number of furan rings is 1. The number of benzene rings is 1. The third kappa shape index (κ3) is 5.78. The van der Waals surface area contributed by atoms with Gasteiger partial charge in [0.05, 0.1) is 18.3 Å². The maximum Gasteiger partial charge on any atom is 0.284 e. The molecule has 0 atom stereocenters. The van der Waals surface area contributed by atoms with Crippen LogP contribution in [0.3, 0.4) is 0 Å². The van der Waals surface area contributed by atoms with Gasteiger partial charge in [-0.05, 0) is 24.1 Å². The normalized spacial score (nSPS) is 11.6. The van der Waals surface area contributed by atoms with E-state index in [1.54, 1.807) is 24.3 Å². The van der Waals surface area contributed by atoms with Crippen molar-refractivity contribution < 1.29 is 22.0 Å². The van der Waals surface area contributed by atoms with Gasteiger partial charge < -0.3 is 8.83 Å². The number of carbonyl (C=O) groups is 1. The molecule has 0 aliphatic carbocycles. The van der Waals surface area contributed by atoms with Gasteiger partial charge in [0.2, 0.25) is 10.0 Å². The zero-order valence-electron chi connectivity index (χ0n) is 14.4. The number of carbonyl (C=O) groups excluding carboxylic acids is 1. The van der Waals surface area contributed by atoms with Crippen LogP contribution in [0.5, 0.6) is 0 Å². The van der Waals surface area contributed by atoms with Crippen LogP contribution < -0.4 is 4.72 Å². The van der Waals surface area contributed by atoms with Crippen molar-refractivity contribution >= 4 is 27.6 Å². The SMILES string of the molecule is CS(=O)(=O)NCCc1ccc(C(=O)CSc2nnc(-c3ccco3)o2)cc1. The lowest BCUT2D eigenvalue weighted by Crippen LogP contribution is -2.24. The molecule has 1 aromatic carbocycles. The minimum Gasteiger partial charge on any atom is -0.459 e. The topological polar surface area (TPSA) is 115 Å². The van der Waals surface area contributed by atoms with Crippen LogP contribution in [0, 0.1) is 0 Å². The number of rotatable bonds is 9. The largest absolute Gasteiger partial charge is 0.459 e. The van der Waals surface area contributed by atoms with Crippen LogP contribution in [0.25, 0.3) is 11.7 Å². The Balaban J connectivity index is 1.51. The summed E-state index contributed by atoms with van der Waals surface area (Å²) in [6.45, 7) is 0.317. The van der Waals surface area contributed by atoms with Gasteiger partial charge in [-0.1, -0.05) is 36.0 Å². The monoisotopic (exact) mass is 407 g/mol. The van der Waals surface area contributed by atoms with Gasteiger partial charge in [0.25, 0.3) is 11.1 Å². The number of Topliss-reactive ketones (excluding diaryl/α,β-unsaturated/α-hetero) is 1. The Morgan fingerprint density at radius 1 is 1.19 bits per heavy atom. The Kier molecular flexibility index (Phi) is 6.09. The predicted octanol–water partition coefficient (Wildman–Crippen LogP) is 2.40. The Morgan fingerprint density at radius 3 is 2.63 bits per heavy atom. The van der Waals surface area contributed by atoms with E-state index in [1.165, 1.54) is 6.26 Å². The summed E-state index contributed by atoms with van der Waals surface area (Å²) in [6, 6.07) is 10.5. The van der Waals surface area contributed by atoms with Crippen molar-refractivity contribution in [1.29, 1.82) is 0 Å². The summed E-state index contributed by atoms with van der Waals surface area (Å²) < 4.78 is 35.1. The fourth-order valence-corrected chi connectivity index (χ4v) is 3.35. The Morgan fingerprint density at radius 2 is 1.96 bits per heavy atom. The van der Waals surface area contributed by atoms with Crippen LogP contribution in [-0.2, 0) is 16.4 Å². The molecule has 0 saturated carbocycles. The van der Waals surface area contributed by atoms with E-state index in [-0.39, 0.29) is 17.4 Å². The van der Waals surface area contributed by atoms with Crippen molar-refractivity contribution in [2.24, 2.45) is 0 Å². The van der Waals surface area contributed by atoms with E-state index in [4.69, 9.17) is 8.83 Å². The predicted molar refractivity (Wildman–Crippen MR) is 100 cm³/mol. The van der Waals surface area contributed by atoms with Crippen molar-refractivity contribution in [3.63, 3.8) is 0 Å². The minimum atomic E-state index is -3.19. The molecular weight excluding hydrogens is 390 g/mol. The summed E-state index contributed by atoms with van der Waals surface area (Å²) in [6.07, 6.45) is 3.18. The zero-order chi connectivity index (χ0) is 19.3. The third-order valence-electron chi connectivity index (χ3n) is 3.52. The first-order valence-corrected chi connectivity index (χ1v) is 10.9. The lowest BCUT2D eigenvalue weighted by Gasteiger charge is -2.04. The zero-order valence-corrected chi connectivity index (χ0v) is 16.0. The smallest absolute Gasteiger partial charge is 0.284 e. The average molecular weight is 407 g/mol. The first kappa shape index (κ1) is 19.3. The molecule has 2 aromatic heterocycles. The molecule has 3 rings (SSSR count). The second-order valence-corrected chi connectivity index (χ2v) is 8.44. The number of ketones is 1. The van der Waals surface area contributed by atoms with Gasteiger partial charge in [-0.25, -0.2) is 13.1 Å². The third-order valence-corrected chi connectivity index (χ3v) is 5.07. The number of nitrogens with one attached hydrogen (secondary N) is 1. The number of hydrogen-bond donors (Lipinski definition) is 1. The maximum atomic E-state index is 12.3. The molecule has 0 radical (unpaired) electrons. The van der Waals surface area contributed by atoms with Crippen LogP contribution in [0.1, 0.15) is 15.9 Å². The Bertz CT molecular complexity index is 996. The van der Waals surface area contributed by atoms with Gasteiger partial charge in [-0.2, -0.15) is 0 Å². The Labute approximate surface area is 160 Å². The number of thioether (sulfide) groups is 1. The number of aromatic nitrogens is 2. The summed E-state index contributed by atoms with van der Waals surface area (Å²) in [5.74, 6) is 0.830. The van der Waals surface area contributed by atoms with Crippen molar-refractivity contribution in [2.75, 3.05) is 18.6 Å². The molecule has 0 aliphatic rings. The summed E-state index contributed by atoms with van der Waals surface area (Å²) in [5, 5.41) is 8.05. The van der Waals surface area contributed by atoms with Gasteiger partial charge in [0, 0.05) is 12.1 Å². The van der Waals surface area contributed by atoms with Gasteiger partial charge in [-0.3, -0.25) is 4.79 Å². The fraction of sp³-hybridized carbons (Fsp3) is 0.235. The molecule has 3 aromatic rings. The van der Waals surface area contributed by atoms with Crippen LogP contribution >= 0.6 is 11.8 Å². The van der Waals surface area contributed by atoms with E-state index in [1.807, 2.05) is 12.1 Å². The Hall–Kier alpha value is -2.43. The summed E-state index contributed by atoms with van der Waals surface area (Å²) in [7, 11) is -3.19. The molecule has 0 amide bonds. The van der Waals surface area contributed by atoms with Gasteiger partial charge in [-0.15, -0.1) is 10.2 Å². The molecule has 142 valence electrons. The first-order chi connectivity index (χ1) is 12.9. The highest BCUT2D eigenvalue weighted by molar-refractivity contribution is 7.99. The lowest BCUT2D eigenvalue weighted by atomic mass is 10.1. The average Bonchev–Trinajstić information content (AvgIpc) is 3.30. The van der Waals surface area contributed by atoms with Crippen LogP contribution in [-0.4, -0.2) is 43.0 Å². The molecule has 0 fully saturated rings. The molecule has 0 unspecified atom stereocenters. The molecule has 0 saturated heterocycles. The first-order valence-electron chi connectivity index (χ1n) is 7.98. The summed E-state index contributed by atoms with van der Waals surface area (Å²) in [5.41, 5.74) is 1.50. The molecule has 1 N–H and O–H groups in total. The number of sulfonamides is 1. The molecule has 27 heavy (non-hydrogen) atoms. The highest BCUT2D eigenvalue weighted by Gasteiger charge is 2.13. The van der Waals surface area contributed by atoms with Gasteiger partial charge in [0.1, 0.15) is 0 Å². The molecule has 2 heterocycles. The molecule has 8 nitrogen and oxygen atoms in total. The highest BCUT2D eigenvalue weighted by atomic mass is 32.2. The fourth-order valence-electron chi connectivity index (χ4n) is 2.22. The second-order valence-electron chi connectivity index (χ2n) is 5.68. The van der Waals surface area contributed by atoms with Crippen molar-refractivity contribution in [3.8, 4) is 11.7 Å². The van der Waals surface area contributed by atoms with Crippen LogP contribution in [0.2, 0.25) is 0 Å². The molecule has 10 heteroatoms. The standard InChI is InChI=1S/C17H17N3O5S2/c1-27(22,23)18-9-8-12-4-6-13(7-5-12)14(21)11-26-17-20-19-16(25-17)15-3-2-10-24-15/h2-7,10,18H,8-9,11H2,1H3. The second kappa shape index (κ2) is 8.51. The van der Waals surface area contributed by atoms with E-state index in [9.17, 15) is 13.2 Å².